The maximum absolute atomic E-state index is 12.8. The molecule has 0 spiro atoms. The molecular formula is C13H15FN4O. The van der Waals surface area contributed by atoms with E-state index in [0.29, 0.717) is 23.8 Å². The summed E-state index contributed by atoms with van der Waals surface area (Å²) in [5.41, 5.74) is 6.54. The van der Waals surface area contributed by atoms with Gasteiger partial charge in [0.1, 0.15) is 11.5 Å². The van der Waals surface area contributed by atoms with Crippen molar-refractivity contribution in [3.63, 3.8) is 0 Å². The van der Waals surface area contributed by atoms with E-state index < -0.39 is 0 Å². The van der Waals surface area contributed by atoms with Gasteiger partial charge in [0, 0.05) is 12.0 Å². The van der Waals surface area contributed by atoms with Gasteiger partial charge in [-0.25, -0.2) is 9.37 Å². The van der Waals surface area contributed by atoms with Gasteiger partial charge in [0.05, 0.1) is 6.20 Å². The van der Waals surface area contributed by atoms with Gasteiger partial charge in [0.25, 0.3) is 0 Å². The van der Waals surface area contributed by atoms with Crippen LogP contribution in [0.15, 0.2) is 22.9 Å². The van der Waals surface area contributed by atoms with Gasteiger partial charge >= 0.3 is 0 Å². The summed E-state index contributed by atoms with van der Waals surface area (Å²) >= 11 is 0. The van der Waals surface area contributed by atoms with Gasteiger partial charge in [0.2, 0.25) is 11.7 Å². The normalized spacial score (nSPS) is 17.8. The summed E-state index contributed by atoms with van der Waals surface area (Å²) in [5, 5.41) is 3.86. The minimum Gasteiger partial charge on any atom is -0.339 e. The van der Waals surface area contributed by atoms with Crippen LogP contribution >= 0.6 is 0 Å². The van der Waals surface area contributed by atoms with E-state index in [1.807, 2.05) is 0 Å². The third kappa shape index (κ3) is 2.63. The molecule has 0 atom stereocenters. The van der Waals surface area contributed by atoms with E-state index in [0.717, 1.165) is 31.9 Å². The van der Waals surface area contributed by atoms with Gasteiger partial charge in [-0.05, 0) is 25.0 Å². The molecule has 0 aliphatic heterocycles. The Kier molecular flexibility index (Phi) is 3.02. The van der Waals surface area contributed by atoms with Gasteiger partial charge in [-0.15, -0.1) is 0 Å². The van der Waals surface area contributed by atoms with Crippen LogP contribution < -0.4 is 5.73 Å². The van der Waals surface area contributed by atoms with Crippen molar-refractivity contribution in [1.29, 1.82) is 0 Å². The molecule has 2 aromatic heterocycles. The molecule has 0 unspecified atom stereocenters. The second-order valence-corrected chi connectivity index (χ2v) is 5.12. The maximum atomic E-state index is 12.8. The van der Waals surface area contributed by atoms with Crippen LogP contribution in [0.1, 0.15) is 31.6 Å². The first-order chi connectivity index (χ1) is 9.15. The molecule has 0 amide bonds. The lowest BCUT2D eigenvalue weighted by Crippen LogP contribution is -2.38. The highest BCUT2D eigenvalue weighted by Crippen LogP contribution is 2.30. The van der Waals surface area contributed by atoms with Gasteiger partial charge in [-0.1, -0.05) is 18.0 Å². The minimum absolute atomic E-state index is 0.222. The maximum Gasteiger partial charge on any atom is 0.228 e. The molecule has 1 aliphatic carbocycles. The number of rotatable bonds is 3. The summed E-state index contributed by atoms with van der Waals surface area (Å²) in [4.78, 5) is 8.20. The Labute approximate surface area is 110 Å². The molecule has 19 heavy (non-hydrogen) atoms. The zero-order valence-corrected chi connectivity index (χ0v) is 10.5. The lowest BCUT2D eigenvalue weighted by molar-refractivity contribution is 0.329. The average Bonchev–Trinajstić information content (AvgIpc) is 3.00. The molecular weight excluding hydrogens is 247 g/mol. The highest BCUT2D eigenvalue weighted by atomic mass is 19.1. The highest BCUT2D eigenvalue weighted by molar-refractivity contribution is 5.47. The van der Waals surface area contributed by atoms with E-state index >= 15 is 0 Å². The van der Waals surface area contributed by atoms with E-state index in [9.17, 15) is 4.39 Å². The Morgan fingerprint density at radius 1 is 1.32 bits per heavy atom. The van der Waals surface area contributed by atoms with Crippen molar-refractivity contribution < 1.29 is 8.91 Å². The zero-order chi connectivity index (χ0) is 13.3. The van der Waals surface area contributed by atoms with E-state index in [-0.39, 0.29) is 11.4 Å². The lowest BCUT2D eigenvalue weighted by Gasteiger charge is -2.20. The standard InChI is InChI=1S/C13H15FN4O/c14-9-3-4-10(16-8-9)12-17-11(19-18-12)7-13(15)5-1-2-6-13/h3-4,8H,1-2,5-7,15H2. The van der Waals surface area contributed by atoms with E-state index in [4.69, 9.17) is 10.3 Å². The third-order valence-corrected chi connectivity index (χ3v) is 3.53. The summed E-state index contributed by atoms with van der Waals surface area (Å²) in [5.74, 6) is 0.501. The molecule has 0 radical (unpaired) electrons. The third-order valence-electron chi connectivity index (χ3n) is 3.53. The van der Waals surface area contributed by atoms with Crippen LogP contribution in [0.4, 0.5) is 4.39 Å². The number of aromatic nitrogens is 3. The molecule has 100 valence electrons. The predicted molar refractivity (Wildman–Crippen MR) is 66.6 cm³/mol. The Morgan fingerprint density at radius 2 is 2.11 bits per heavy atom. The number of hydrogen-bond acceptors (Lipinski definition) is 5. The van der Waals surface area contributed by atoms with Crippen LogP contribution in [-0.2, 0) is 6.42 Å². The molecule has 0 saturated heterocycles. The molecule has 1 saturated carbocycles. The number of pyridine rings is 1. The van der Waals surface area contributed by atoms with Crippen LogP contribution in [0, 0.1) is 5.82 Å². The smallest absolute Gasteiger partial charge is 0.228 e. The number of hydrogen-bond donors (Lipinski definition) is 1. The van der Waals surface area contributed by atoms with E-state index in [2.05, 4.69) is 15.1 Å². The van der Waals surface area contributed by atoms with Crippen LogP contribution in [0.3, 0.4) is 0 Å². The summed E-state index contributed by atoms with van der Waals surface area (Å²) < 4.78 is 18.0. The van der Waals surface area contributed by atoms with Crippen molar-refractivity contribution in [3.8, 4) is 11.5 Å². The fourth-order valence-corrected chi connectivity index (χ4v) is 2.50. The first-order valence-electron chi connectivity index (χ1n) is 6.38. The van der Waals surface area contributed by atoms with E-state index in [1.54, 1.807) is 0 Å². The van der Waals surface area contributed by atoms with E-state index in [1.165, 1.54) is 12.1 Å². The molecule has 6 heteroatoms. The van der Waals surface area contributed by atoms with Gasteiger partial charge in [-0.2, -0.15) is 4.98 Å². The summed E-state index contributed by atoms with van der Waals surface area (Å²) in [6, 6.07) is 2.84. The zero-order valence-electron chi connectivity index (χ0n) is 10.5. The number of nitrogens with zero attached hydrogens (tertiary/aromatic N) is 3. The SMILES string of the molecule is NC1(Cc2nc(-c3ccc(F)cn3)no2)CCCC1. The second-order valence-electron chi connectivity index (χ2n) is 5.12. The molecule has 1 aliphatic rings. The molecule has 1 fully saturated rings. The summed E-state index contributed by atoms with van der Waals surface area (Å²) in [6.07, 6.45) is 5.99. The molecule has 2 aromatic rings. The Hall–Kier alpha value is -1.82. The second kappa shape index (κ2) is 4.70. The molecule has 0 bridgehead atoms. The Balaban J connectivity index is 1.77. The first kappa shape index (κ1) is 12.2. The minimum atomic E-state index is -0.390. The fraction of sp³-hybridized carbons (Fsp3) is 0.462. The summed E-state index contributed by atoms with van der Waals surface area (Å²) in [6.45, 7) is 0. The fourth-order valence-electron chi connectivity index (χ4n) is 2.50. The Morgan fingerprint density at radius 3 is 2.79 bits per heavy atom. The largest absolute Gasteiger partial charge is 0.339 e. The van der Waals surface area contributed by atoms with Crippen molar-refractivity contribution in [2.45, 2.75) is 37.6 Å². The van der Waals surface area contributed by atoms with Gasteiger partial charge in [0.15, 0.2) is 0 Å². The monoisotopic (exact) mass is 262 g/mol. The molecule has 3 rings (SSSR count). The van der Waals surface area contributed by atoms with Crippen molar-refractivity contribution in [1.82, 2.24) is 15.1 Å². The predicted octanol–water partition coefficient (Wildman–Crippen LogP) is 2.08. The topological polar surface area (TPSA) is 77.8 Å². The molecule has 0 aromatic carbocycles. The van der Waals surface area contributed by atoms with Crippen molar-refractivity contribution in [2.24, 2.45) is 5.73 Å². The average molecular weight is 262 g/mol. The molecule has 2 N–H and O–H groups in total. The van der Waals surface area contributed by atoms with Crippen molar-refractivity contribution >= 4 is 0 Å². The highest BCUT2D eigenvalue weighted by Gasteiger charge is 2.31. The molecule has 5 nitrogen and oxygen atoms in total. The lowest BCUT2D eigenvalue weighted by atomic mass is 9.95. The van der Waals surface area contributed by atoms with Gasteiger partial charge in [-0.3, -0.25) is 0 Å². The Bertz CT molecular complexity index is 560. The first-order valence-corrected chi connectivity index (χ1v) is 6.38. The number of halogens is 1. The van der Waals surface area contributed by atoms with Gasteiger partial charge < -0.3 is 10.3 Å². The van der Waals surface area contributed by atoms with Crippen LogP contribution in [-0.4, -0.2) is 20.7 Å². The van der Waals surface area contributed by atoms with Crippen LogP contribution in [0.5, 0.6) is 0 Å². The summed E-state index contributed by atoms with van der Waals surface area (Å²) in [7, 11) is 0. The van der Waals surface area contributed by atoms with Crippen LogP contribution in [0.25, 0.3) is 11.5 Å². The quantitative estimate of drug-likeness (QED) is 0.916. The number of nitrogens with two attached hydrogens (primary N) is 1. The van der Waals surface area contributed by atoms with Crippen LogP contribution in [0.2, 0.25) is 0 Å². The van der Waals surface area contributed by atoms with Crippen molar-refractivity contribution in [2.75, 3.05) is 0 Å². The molecule has 2 heterocycles. The van der Waals surface area contributed by atoms with Crippen molar-refractivity contribution in [3.05, 3.63) is 30.0 Å².